The Bertz CT molecular complexity index is 1200. The second kappa shape index (κ2) is 9.27. The van der Waals surface area contributed by atoms with Gasteiger partial charge in [0.2, 0.25) is 5.95 Å². The van der Waals surface area contributed by atoms with Gasteiger partial charge in [-0.2, -0.15) is 0 Å². The van der Waals surface area contributed by atoms with Crippen LogP contribution in [0.5, 0.6) is 11.5 Å². The summed E-state index contributed by atoms with van der Waals surface area (Å²) in [6.45, 7) is 1.01. The summed E-state index contributed by atoms with van der Waals surface area (Å²) in [5.41, 5.74) is 2.86. The molecule has 32 heavy (non-hydrogen) atoms. The fourth-order valence-electron chi connectivity index (χ4n) is 2.97. The van der Waals surface area contributed by atoms with Gasteiger partial charge in [-0.15, -0.1) is 13.2 Å². The van der Waals surface area contributed by atoms with Crippen molar-refractivity contribution in [3.8, 4) is 11.5 Å². The van der Waals surface area contributed by atoms with Crippen LogP contribution < -0.4 is 20.1 Å². The molecule has 0 unspecified atom stereocenters. The lowest BCUT2D eigenvalue weighted by Crippen LogP contribution is -2.16. The predicted octanol–water partition coefficient (Wildman–Crippen LogP) is 6.35. The van der Waals surface area contributed by atoms with Gasteiger partial charge in [-0.3, -0.25) is 0 Å². The second-order valence-electron chi connectivity index (χ2n) is 6.72. The monoisotopic (exact) mass is 462 g/mol. The first kappa shape index (κ1) is 21.6. The number of aromatic nitrogens is 2. The Morgan fingerprint density at radius 1 is 0.969 bits per heavy atom. The van der Waals surface area contributed by atoms with Crippen molar-refractivity contribution in [1.82, 2.24) is 9.97 Å². The Morgan fingerprint density at radius 2 is 1.72 bits per heavy atom. The molecule has 0 aliphatic carbocycles. The van der Waals surface area contributed by atoms with Crippen LogP contribution in [0.25, 0.3) is 11.0 Å². The van der Waals surface area contributed by atoms with Crippen LogP contribution in [-0.2, 0) is 0 Å². The normalized spacial score (nSPS) is 11.4. The lowest BCUT2D eigenvalue weighted by Gasteiger charge is -2.09. The molecule has 0 saturated heterocycles. The molecule has 0 aliphatic rings. The van der Waals surface area contributed by atoms with Crippen molar-refractivity contribution in [1.29, 1.82) is 0 Å². The molecule has 0 aliphatic heterocycles. The summed E-state index contributed by atoms with van der Waals surface area (Å²) in [6.07, 6.45) is -4.72. The SMILES string of the molecule is FC(F)(F)Oc1ccc(Nc2nc3ccc(OCCNc4ccccc4Cl)cc3[nH]2)cc1. The number of hydrogen-bond acceptors (Lipinski definition) is 5. The molecule has 0 amide bonds. The Kier molecular flexibility index (Phi) is 6.27. The van der Waals surface area contributed by atoms with E-state index in [2.05, 4.69) is 25.3 Å². The van der Waals surface area contributed by atoms with Gasteiger partial charge in [0, 0.05) is 18.3 Å². The molecule has 6 nitrogen and oxygen atoms in total. The van der Waals surface area contributed by atoms with Gasteiger partial charge in [0.05, 0.1) is 21.7 Å². The zero-order valence-electron chi connectivity index (χ0n) is 16.5. The number of benzene rings is 3. The number of nitrogens with one attached hydrogen (secondary N) is 3. The van der Waals surface area contributed by atoms with Crippen LogP contribution in [-0.4, -0.2) is 29.5 Å². The lowest BCUT2D eigenvalue weighted by molar-refractivity contribution is -0.274. The zero-order chi connectivity index (χ0) is 22.6. The van der Waals surface area contributed by atoms with Gasteiger partial charge in [-0.1, -0.05) is 23.7 Å². The smallest absolute Gasteiger partial charge is 0.492 e. The maximum Gasteiger partial charge on any atom is 0.573 e. The fourth-order valence-corrected chi connectivity index (χ4v) is 3.18. The maximum absolute atomic E-state index is 12.3. The molecule has 0 radical (unpaired) electrons. The highest BCUT2D eigenvalue weighted by Gasteiger charge is 2.30. The minimum atomic E-state index is -4.72. The first-order valence-electron chi connectivity index (χ1n) is 9.59. The van der Waals surface area contributed by atoms with Gasteiger partial charge in [0.25, 0.3) is 0 Å². The molecular weight excluding hydrogens is 445 g/mol. The molecule has 3 aromatic carbocycles. The largest absolute Gasteiger partial charge is 0.573 e. The number of para-hydroxylation sites is 1. The molecular formula is C22H18ClF3N4O2. The van der Waals surface area contributed by atoms with E-state index in [9.17, 15) is 13.2 Å². The number of ether oxygens (including phenoxy) is 2. The average molecular weight is 463 g/mol. The zero-order valence-corrected chi connectivity index (χ0v) is 17.3. The minimum absolute atomic E-state index is 0.293. The Balaban J connectivity index is 1.34. The second-order valence-corrected chi connectivity index (χ2v) is 7.12. The summed E-state index contributed by atoms with van der Waals surface area (Å²) >= 11 is 6.11. The molecule has 0 saturated carbocycles. The summed E-state index contributed by atoms with van der Waals surface area (Å²) in [5.74, 6) is 0.822. The van der Waals surface area contributed by atoms with Crippen LogP contribution in [0.4, 0.5) is 30.5 Å². The number of fused-ring (bicyclic) bond motifs is 1. The molecule has 1 heterocycles. The summed E-state index contributed by atoms with van der Waals surface area (Å²) in [7, 11) is 0. The summed E-state index contributed by atoms with van der Waals surface area (Å²) in [4.78, 5) is 7.53. The Labute approximate surface area is 186 Å². The number of hydrogen-bond donors (Lipinski definition) is 3. The van der Waals surface area contributed by atoms with Crippen molar-refractivity contribution in [2.75, 3.05) is 23.8 Å². The number of alkyl halides is 3. The van der Waals surface area contributed by atoms with E-state index in [0.29, 0.717) is 41.1 Å². The molecule has 0 atom stereocenters. The molecule has 4 aromatic rings. The number of rotatable bonds is 8. The predicted molar refractivity (Wildman–Crippen MR) is 118 cm³/mol. The van der Waals surface area contributed by atoms with E-state index in [4.69, 9.17) is 16.3 Å². The van der Waals surface area contributed by atoms with E-state index >= 15 is 0 Å². The third kappa shape index (κ3) is 5.76. The van der Waals surface area contributed by atoms with Crippen molar-refractivity contribution < 1.29 is 22.6 Å². The van der Waals surface area contributed by atoms with Crippen molar-refractivity contribution >= 4 is 40.0 Å². The van der Waals surface area contributed by atoms with Gasteiger partial charge < -0.3 is 25.1 Å². The van der Waals surface area contributed by atoms with Gasteiger partial charge in [0.15, 0.2) is 0 Å². The number of H-pyrrole nitrogens is 1. The third-order valence-corrected chi connectivity index (χ3v) is 4.69. The van der Waals surface area contributed by atoms with Crippen LogP contribution in [0.1, 0.15) is 0 Å². The average Bonchev–Trinajstić information content (AvgIpc) is 3.14. The van der Waals surface area contributed by atoms with Crippen LogP contribution in [0.15, 0.2) is 66.7 Å². The molecule has 0 fully saturated rings. The lowest BCUT2D eigenvalue weighted by atomic mass is 10.3. The molecule has 10 heteroatoms. The minimum Gasteiger partial charge on any atom is -0.492 e. The number of anilines is 3. The highest BCUT2D eigenvalue weighted by molar-refractivity contribution is 6.33. The molecule has 1 aromatic heterocycles. The summed E-state index contributed by atoms with van der Waals surface area (Å²) < 4.78 is 46.4. The van der Waals surface area contributed by atoms with E-state index < -0.39 is 6.36 Å². The van der Waals surface area contributed by atoms with Crippen LogP contribution in [0.2, 0.25) is 5.02 Å². The number of nitrogens with zero attached hydrogens (tertiary/aromatic N) is 1. The van der Waals surface area contributed by atoms with Crippen molar-refractivity contribution in [3.05, 3.63) is 71.8 Å². The van der Waals surface area contributed by atoms with Gasteiger partial charge in [-0.05, 0) is 48.5 Å². The highest BCUT2D eigenvalue weighted by Crippen LogP contribution is 2.26. The van der Waals surface area contributed by atoms with Crippen molar-refractivity contribution in [2.45, 2.75) is 6.36 Å². The quantitative estimate of drug-likeness (QED) is 0.266. The van der Waals surface area contributed by atoms with Crippen molar-refractivity contribution in [2.24, 2.45) is 0 Å². The number of aromatic amines is 1. The van der Waals surface area contributed by atoms with Crippen molar-refractivity contribution in [3.63, 3.8) is 0 Å². The summed E-state index contributed by atoms with van der Waals surface area (Å²) in [5, 5.41) is 6.87. The molecule has 0 spiro atoms. The fraction of sp³-hybridized carbons (Fsp3) is 0.136. The van der Waals surface area contributed by atoms with Gasteiger partial charge >= 0.3 is 6.36 Å². The van der Waals surface area contributed by atoms with Crippen LogP contribution >= 0.6 is 11.6 Å². The Hall–Kier alpha value is -3.59. The van der Waals surface area contributed by atoms with E-state index in [-0.39, 0.29) is 5.75 Å². The van der Waals surface area contributed by atoms with E-state index in [1.54, 1.807) is 0 Å². The van der Waals surface area contributed by atoms with Crippen LogP contribution in [0.3, 0.4) is 0 Å². The van der Waals surface area contributed by atoms with Gasteiger partial charge in [-0.25, -0.2) is 4.98 Å². The molecule has 0 bridgehead atoms. The molecule has 166 valence electrons. The number of halogens is 4. The van der Waals surface area contributed by atoms with E-state index in [0.717, 1.165) is 11.2 Å². The first-order chi connectivity index (χ1) is 15.4. The third-order valence-electron chi connectivity index (χ3n) is 4.36. The Morgan fingerprint density at radius 3 is 2.47 bits per heavy atom. The van der Waals surface area contributed by atoms with E-state index in [1.807, 2.05) is 42.5 Å². The number of imidazole rings is 1. The standard InChI is InChI=1S/C22H18ClF3N4O2/c23-17-3-1-2-4-18(17)27-11-12-31-16-9-10-19-20(13-16)30-21(29-19)28-14-5-7-15(8-6-14)32-22(24,25)26/h1-10,13,27H,11-12H2,(H2,28,29,30). The van der Waals surface area contributed by atoms with Crippen LogP contribution in [0, 0.1) is 0 Å². The van der Waals surface area contributed by atoms with E-state index in [1.165, 1.54) is 24.3 Å². The maximum atomic E-state index is 12.3. The molecule has 4 rings (SSSR count). The first-order valence-corrected chi connectivity index (χ1v) is 9.97. The molecule has 3 N–H and O–H groups in total. The highest BCUT2D eigenvalue weighted by atomic mass is 35.5. The van der Waals surface area contributed by atoms with Gasteiger partial charge in [0.1, 0.15) is 18.1 Å². The summed E-state index contributed by atoms with van der Waals surface area (Å²) in [6, 6.07) is 18.3. The topological polar surface area (TPSA) is 71.2 Å².